The summed E-state index contributed by atoms with van der Waals surface area (Å²) in [5.74, 6) is -1.81. The average Bonchev–Trinajstić information content (AvgIpc) is 3.22. The SMILES string of the molecule is CC(C)CC(C(=O)O)N(CCNC(=O)c1ccccc1)C(=O)C(N)Cc1cnc[nH]1. The Morgan fingerprint density at radius 2 is 1.93 bits per heavy atom. The maximum Gasteiger partial charge on any atom is 0.326 e. The molecule has 2 amide bonds. The maximum absolute atomic E-state index is 13.0. The summed E-state index contributed by atoms with van der Waals surface area (Å²) in [5, 5.41) is 12.5. The molecule has 9 heteroatoms. The van der Waals surface area contributed by atoms with Crippen LogP contribution in [0.3, 0.4) is 0 Å². The van der Waals surface area contributed by atoms with E-state index in [0.29, 0.717) is 11.3 Å². The first-order valence-corrected chi connectivity index (χ1v) is 9.89. The molecular weight excluding hydrogens is 386 g/mol. The van der Waals surface area contributed by atoms with Crippen molar-refractivity contribution in [1.82, 2.24) is 20.2 Å². The lowest BCUT2D eigenvalue weighted by Crippen LogP contribution is -2.54. The summed E-state index contributed by atoms with van der Waals surface area (Å²) in [7, 11) is 0. The minimum atomic E-state index is -1.10. The van der Waals surface area contributed by atoms with E-state index in [1.165, 1.54) is 11.2 Å². The number of carbonyl (C=O) groups is 3. The van der Waals surface area contributed by atoms with Gasteiger partial charge in [0.05, 0.1) is 12.4 Å². The standard InChI is InChI=1S/C21H29N5O4/c1-14(2)10-18(21(29)30)26(20(28)17(22)11-16-12-23-13-25-16)9-8-24-19(27)15-6-4-3-5-7-15/h3-7,12-14,17-18H,8-11,22H2,1-2H3,(H,23,25)(H,24,27)(H,29,30). The van der Waals surface area contributed by atoms with Gasteiger partial charge in [-0.1, -0.05) is 32.0 Å². The van der Waals surface area contributed by atoms with E-state index >= 15 is 0 Å². The van der Waals surface area contributed by atoms with E-state index in [2.05, 4.69) is 15.3 Å². The monoisotopic (exact) mass is 415 g/mol. The summed E-state index contributed by atoms with van der Waals surface area (Å²) in [6.07, 6.45) is 3.55. The number of carboxylic acid groups (broad SMARTS) is 1. The molecule has 30 heavy (non-hydrogen) atoms. The van der Waals surface area contributed by atoms with E-state index in [-0.39, 0.29) is 37.8 Å². The molecular formula is C21H29N5O4. The zero-order chi connectivity index (χ0) is 22.1. The van der Waals surface area contributed by atoms with Gasteiger partial charge in [0.2, 0.25) is 5.91 Å². The summed E-state index contributed by atoms with van der Waals surface area (Å²) in [4.78, 5) is 45.2. The first kappa shape index (κ1) is 23.1. The van der Waals surface area contributed by atoms with Gasteiger partial charge in [0.25, 0.3) is 5.91 Å². The van der Waals surface area contributed by atoms with Gasteiger partial charge < -0.3 is 26.0 Å². The Hall–Kier alpha value is -3.20. The van der Waals surface area contributed by atoms with E-state index in [1.54, 1.807) is 30.5 Å². The Morgan fingerprint density at radius 3 is 2.50 bits per heavy atom. The quantitative estimate of drug-likeness (QED) is 0.432. The van der Waals surface area contributed by atoms with Crippen molar-refractivity contribution in [3.63, 3.8) is 0 Å². The number of nitrogens with two attached hydrogens (primary N) is 1. The maximum atomic E-state index is 13.0. The highest BCUT2D eigenvalue weighted by Crippen LogP contribution is 2.14. The van der Waals surface area contributed by atoms with E-state index in [9.17, 15) is 19.5 Å². The van der Waals surface area contributed by atoms with Crippen LogP contribution < -0.4 is 11.1 Å². The summed E-state index contributed by atoms with van der Waals surface area (Å²) < 4.78 is 0. The van der Waals surface area contributed by atoms with Gasteiger partial charge in [0, 0.05) is 37.0 Å². The molecule has 1 heterocycles. The van der Waals surface area contributed by atoms with Gasteiger partial charge >= 0.3 is 5.97 Å². The van der Waals surface area contributed by atoms with Crippen LogP contribution in [0.15, 0.2) is 42.9 Å². The Bertz CT molecular complexity index is 823. The number of imidazole rings is 1. The van der Waals surface area contributed by atoms with Crippen molar-refractivity contribution in [2.24, 2.45) is 11.7 Å². The van der Waals surface area contributed by atoms with Crippen molar-refractivity contribution in [1.29, 1.82) is 0 Å². The van der Waals surface area contributed by atoms with Crippen molar-refractivity contribution in [3.05, 3.63) is 54.1 Å². The number of benzene rings is 1. The number of nitrogens with one attached hydrogen (secondary N) is 2. The molecule has 1 aromatic heterocycles. The molecule has 2 aromatic rings. The molecule has 0 saturated heterocycles. The molecule has 0 fully saturated rings. The molecule has 5 N–H and O–H groups in total. The zero-order valence-electron chi connectivity index (χ0n) is 17.2. The number of amides is 2. The van der Waals surface area contributed by atoms with Crippen LogP contribution in [0.5, 0.6) is 0 Å². The molecule has 2 rings (SSSR count). The summed E-state index contributed by atoms with van der Waals surface area (Å²) >= 11 is 0. The minimum absolute atomic E-state index is 0.0395. The number of aliphatic carboxylic acids is 1. The van der Waals surface area contributed by atoms with Crippen LogP contribution in [0.4, 0.5) is 0 Å². The van der Waals surface area contributed by atoms with Gasteiger partial charge in [-0.05, 0) is 24.5 Å². The zero-order valence-corrected chi connectivity index (χ0v) is 17.2. The third-order valence-electron chi connectivity index (χ3n) is 4.63. The van der Waals surface area contributed by atoms with Crippen LogP contribution in [0.2, 0.25) is 0 Å². The van der Waals surface area contributed by atoms with E-state index in [1.807, 2.05) is 19.9 Å². The molecule has 0 saturated carbocycles. The molecule has 0 aliphatic rings. The Kier molecular flexibility index (Phi) is 8.54. The second-order valence-electron chi connectivity index (χ2n) is 7.52. The largest absolute Gasteiger partial charge is 0.480 e. The van der Waals surface area contributed by atoms with Gasteiger partial charge in [-0.2, -0.15) is 0 Å². The molecule has 0 radical (unpaired) electrons. The lowest BCUT2D eigenvalue weighted by molar-refractivity contribution is -0.151. The molecule has 0 spiro atoms. The normalized spacial score (nSPS) is 12.9. The van der Waals surface area contributed by atoms with Crippen molar-refractivity contribution >= 4 is 17.8 Å². The number of H-pyrrole nitrogens is 1. The van der Waals surface area contributed by atoms with E-state index in [0.717, 1.165) is 0 Å². The van der Waals surface area contributed by atoms with Crippen molar-refractivity contribution in [2.45, 2.75) is 38.8 Å². The van der Waals surface area contributed by atoms with Gasteiger partial charge in [-0.25, -0.2) is 9.78 Å². The summed E-state index contributed by atoms with van der Waals surface area (Å²) in [6, 6.07) is 6.71. The van der Waals surface area contributed by atoms with Gasteiger partial charge in [-0.3, -0.25) is 9.59 Å². The number of carbonyl (C=O) groups excluding carboxylic acids is 2. The number of nitrogens with zero attached hydrogens (tertiary/aromatic N) is 2. The fourth-order valence-electron chi connectivity index (χ4n) is 3.14. The van der Waals surface area contributed by atoms with Crippen LogP contribution >= 0.6 is 0 Å². The number of hydrogen-bond donors (Lipinski definition) is 4. The molecule has 0 aliphatic heterocycles. The second kappa shape index (κ2) is 11.1. The Labute approximate surface area is 175 Å². The Balaban J connectivity index is 2.10. The van der Waals surface area contributed by atoms with Gasteiger partial charge in [0.1, 0.15) is 6.04 Å². The fraction of sp³-hybridized carbons (Fsp3) is 0.429. The highest BCUT2D eigenvalue weighted by Gasteiger charge is 2.33. The second-order valence-corrected chi connectivity index (χ2v) is 7.52. The lowest BCUT2D eigenvalue weighted by atomic mass is 10.0. The molecule has 162 valence electrons. The molecule has 2 unspecified atom stereocenters. The van der Waals surface area contributed by atoms with Crippen LogP contribution in [0.25, 0.3) is 0 Å². The first-order chi connectivity index (χ1) is 14.3. The molecule has 0 bridgehead atoms. The smallest absolute Gasteiger partial charge is 0.326 e. The highest BCUT2D eigenvalue weighted by molar-refractivity contribution is 5.94. The number of rotatable bonds is 11. The fourth-order valence-corrected chi connectivity index (χ4v) is 3.14. The number of aromatic amines is 1. The molecule has 0 aliphatic carbocycles. The predicted molar refractivity (Wildman–Crippen MR) is 112 cm³/mol. The topological polar surface area (TPSA) is 141 Å². The number of carboxylic acids is 1. The van der Waals surface area contributed by atoms with Crippen LogP contribution in [-0.4, -0.2) is 62.9 Å². The lowest BCUT2D eigenvalue weighted by Gasteiger charge is -2.32. The molecule has 9 nitrogen and oxygen atoms in total. The van der Waals surface area contributed by atoms with Crippen LogP contribution in [0.1, 0.15) is 36.3 Å². The van der Waals surface area contributed by atoms with Crippen molar-refractivity contribution in [2.75, 3.05) is 13.1 Å². The highest BCUT2D eigenvalue weighted by atomic mass is 16.4. The third-order valence-corrected chi connectivity index (χ3v) is 4.63. The minimum Gasteiger partial charge on any atom is -0.480 e. The number of aromatic nitrogens is 2. The van der Waals surface area contributed by atoms with Crippen LogP contribution in [-0.2, 0) is 16.0 Å². The summed E-state index contributed by atoms with van der Waals surface area (Å²) in [5.41, 5.74) is 7.25. The van der Waals surface area contributed by atoms with Crippen molar-refractivity contribution in [3.8, 4) is 0 Å². The van der Waals surface area contributed by atoms with Crippen molar-refractivity contribution < 1.29 is 19.5 Å². The van der Waals surface area contributed by atoms with E-state index in [4.69, 9.17) is 5.73 Å². The van der Waals surface area contributed by atoms with Gasteiger partial charge in [-0.15, -0.1) is 0 Å². The predicted octanol–water partition coefficient (Wildman–Crippen LogP) is 1.04. The number of hydrogen-bond acceptors (Lipinski definition) is 5. The molecule has 1 aromatic carbocycles. The average molecular weight is 415 g/mol. The molecule has 2 atom stereocenters. The first-order valence-electron chi connectivity index (χ1n) is 9.89. The van der Waals surface area contributed by atoms with E-state index < -0.39 is 24.0 Å². The third kappa shape index (κ3) is 6.70. The van der Waals surface area contributed by atoms with Crippen LogP contribution in [0, 0.1) is 5.92 Å². The van der Waals surface area contributed by atoms with Gasteiger partial charge in [0.15, 0.2) is 0 Å². The summed E-state index contributed by atoms with van der Waals surface area (Å²) in [6.45, 7) is 3.93. The Morgan fingerprint density at radius 1 is 1.23 bits per heavy atom.